The Hall–Kier alpha value is -1.28. The lowest BCUT2D eigenvalue weighted by Gasteiger charge is -2.14. The van der Waals surface area contributed by atoms with Gasteiger partial charge in [0.15, 0.2) is 11.6 Å². The maximum absolute atomic E-state index is 13.3. The number of benzene rings is 1. The second kappa shape index (κ2) is 4.53. The van der Waals surface area contributed by atoms with Crippen molar-refractivity contribution in [3.8, 4) is 6.07 Å². The van der Waals surface area contributed by atoms with Gasteiger partial charge in [-0.3, -0.25) is 0 Å². The molecular weight excluding hydrogens is 267 g/mol. The molecule has 0 N–H and O–H groups in total. The minimum Gasteiger partial charge on any atom is -0.206 e. The highest BCUT2D eigenvalue weighted by molar-refractivity contribution is 7.27. The molecule has 0 heterocycles. The smallest absolute Gasteiger partial charge is 0.206 e. The first-order chi connectivity index (χ1) is 7.71. The topological polar surface area (TPSA) is 23.8 Å². The van der Waals surface area contributed by atoms with Crippen LogP contribution in [0.3, 0.4) is 0 Å². The third-order valence-corrected chi connectivity index (χ3v) is 2.60. The number of nitriles is 1. The van der Waals surface area contributed by atoms with Gasteiger partial charge in [0.1, 0.15) is 11.4 Å². The summed E-state index contributed by atoms with van der Waals surface area (Å²) >= 11 is 0. The number of hydrogen-bond donors (Lipinski definition) is 0. The molecule has 92 valence electrons. The van der Waals surface area contributed by atoms with Crippen LogP contribution in [0.15, 0.2) is 0 Å². The normalized spacial score (nSPS) is 11.4. The van der Waals surface area contributed by atoms with Crippen LogP contribution in [0.1, 0.15) is 11.1 Å². The summed E-state index contributed by atoms with van der Waals surface area (Å²) in [7, 11) is 1.53. The minimum atomic E-state index is -5.34. The maximum atomic E-state index is 13.3. The van der Waals surface area contributed by atoms with Crippen molar-refractivity contribution in [2.24, 2.45) is 0 Å². The fraction of sp³-hybridized carbons (Fsp3) is 0.222. The highest BCUT2D eigenvalue weighted by atomic mass is 31.0. The van der Waals surface area contributed by atoms with Crippen LogP contribution in [0.25, 0.3) is 0 Å². The van der Waals surface area contributed by atoms with E-state index in [0.29, 0.717) is 0 Å². The monoisotopic (exact) mass is 271 g/mol. The molecule has 1 unspecified atom stereocenters. The van der Waals surface area contributed by atoms with E-state index in [1.54, 1.807) is 0 Å². The molecule has 0 amide bonds. The van der Waals surface area contributed by atoms with Crippen molar-refractivity contribution in [3.63, 3.8) is 0 Å². The zero-order chi connectivity index (χ0) is 13.4. The highest BCUT2D eigenvalue weighted by Gasteiger charge is 2.41. The van der Waals surface area contributed by atoms with Gasteiger partial charge in [0.25, 0.3) is 0 Å². The summed E-state index contributed by atoms with van der Waals surface area (Å²) in [5.74, 6) is -6.11. The first kappa shape index (κ1) is 13.8. The van der Waals surface area contributed by atoms with E-state index < -0.39 is 46.5 Å². The molecule has 1 aromatic carbocycles. The largest absolute Gasteiger partial charge is 0.422 e. The van der Waals surface area contributed by atoms with Crippen LogP contribution >= 0.6 is 9.24 Å². The van der Waals surface area contributed by atoms with Gasteiger partial charge >= 0.3 is 6.18 Å². The first-order valence-electron chi connectivity index (χ1n) is 4.10. The molecular formula is C9H4F6NP. The van der Waals surface area contributed by atoms with Gasteiger partial charge in [0, 0.05) is 10.9 Å². The molecule has 0 aromatic heterocycles. The van der Waals surface area contributed by atoms with Gasteiger partial charge in [-0.2, -0.15) is 18.4 Å². The number of nitrogens with zero attached hydrogens (tertiary/aromatic N) is 1. The Kier molecular flexibility index (Phi) is 3.68. The summed E-state index contributed by atoms with van der Waals surface area (Å²) in [5.41, 5.74) is -3.03. The number of hydrogen-bond acceptors (Lipinski definition) is 1. The quantitative estimate of drug-likeness (QED) is 0.437. The van der Waals surface area contributed by atoms with Crippen molar-refractivity contribution in [2.45, 2.75) is 12.6 Å². The molecule has 0 spiro atoms. The van der Waals surface area contributed by atoms with Crippen molar-refractivity contribution in [1.82, 2.24) is 0 Å². The highest BCUT2D eigenvalue weighted by Crippen LogP contribution is 2.35. The molecule has 0 fully saturated rings. The van der Waals surface area contributed by atoms with E-state index in [0.717, 1.165) is 0 Å². The van der Waals surface area contributed by atoms with Crippen LogP contribution in [-0.2, 0) is 12.6 Å². The predicted octanol–water partition coefficient (Wildman–Crippen LogP) is 2.69. The van der Waals surface area contributed by atoms with Crippen LogP contribution in [0.4, 0.5) is 26.3 Å². The van der Waals surface area contributed by atoms with Crippen LogP contribution in [0.5, 0.6) is 0 Å². The van der Waals surface area contributed by atoms with Crippen molar-refractivity contribution in [1.29, 1.82) is 5.26 Å². The SMILES string of the molecule is N#CCc1c(F)c(F)c(C(F)(F)F)c(F)c1P. The predicted molar refractivity (Wildman–Crippen MR) is 50.0 cm³/mol. The van der Waals surface area contributed by atoms with Gasteiger partial charge in [-0.1, -0.05) is 0 Å². The second-order valence-electron chi connectivity index (χ2n) is 3.04. The van der Waals surface area contributed by atoms with Gasteiger partial charge in [-0.05, 0) is 0 Å². The molecule has 0 bridgehead atoms. The van der Waals surface area contributed by atoms with Crippen LogP contribution < -0.4 is 5.30 Å². The Bertz CT molecular complexity index is 473. The summed E-state index contributed by atoms with van der Waals surface area (Å²) in [6.45, 7) is 0. The van der Waals surface area contributed by atoms with Gasteiger partial charge in [-0.15, -0.1) is 9.24 Å². The molecule has 0 aliphatic heterocycles. The van der Waals surface area contributed by atoms with Crippen LogP contribution in [0, 0.1) is 28.8 Å². The summed E-state index contributed by atoms with van der Waals surface area (Å²) in [6.07, 6.45) is -6.07. The summed E-state index contributed by atoms with van der Waals surface area (Å²) in [5, 5.41) is 7.49. The standard InChI is InChI=1S/C9H4F6NP/c10-5-3(1-2-16)8(17)7(12)4(6(5)11)9(13,14)15/h1,17H2. The Morgan fingerprint density at radius 3 is 2.00 bits per heavy atom. The summed E-state index contributed by atoms with van der Waals surface area (Å²) in [6, 6.07) is 1.41. The molecule has 17 heavy (non-hydrogen) atoms. The molecule has 0 aliphatic carbocycles. The van der Waals surface area contributed by atoms with E-state index in [2.05, 4.69) is 0 Å². The zero-order valence-electron chi connectivity index (χ0n) is 8.00. The zero-order valence-corrected chi connectivity index (χ0v) is 9.15. The molecule has 1 nitrogen and oxygen atoms in total. The van der Waals surface area contributed by atoms with E-state index in [9.17, 15) is 26.3 Å². The maximum Gasteiger partial charge on any atom is 0.422 e. The Labute approximate surface area is 94.2 Å². The molecule has 1 rings (SSSR count). The van der Waals surface area contributed by atoms with Crippen LogP contribution in [-0.4, -0.2) is 0 Å². The van der Waals surface area contributed by atoms with E-state index in [1.165, 1.54) is 15.3 Å². The van der Waals surface area contributed by atoms with E-state index >= 15 is 0 Å². The van der Waals surface area contributed by atoms with Crippen molar-refractivity contribution >= 4 is 14.5 Å². The van der Waals surface area contributed by atoms with Crippen molar-refractivity contribution < 1.29 is 26.3 Å². The average Bonchev–Trinajstić information content (AvgIpc) is 2.20. The number of halogens is 6. The average molecular weight is 271 g/mol. The van der Waals surface area contributed by atoms with Crippen molar-refractivity contribution in [2.75, 3.05) is 0 Å². The molecule has 0 radical (unpaired) electrons. The summed E-state index contributed by atoms with van der Waals surface area (Å²) < 4.78 is 76.3. The van der Waals surface area contributed by atoms with E-state index in [4.69, 9.17) is 5.26 Å². The number of rotatable bonds is 1. The van der Waals surface area contributed by atoms with Gasteiger partial charge in [0.05, 0.1) is 12.5 Å². The molecule has 8 heteroatoms. The van der Waals surface area contributed by atoms with Gasteiger partial charge < -0.3 is 0 Å². The fourth-order valence-corrected chi connectivity index (χ4v) is 1.60. The van der Waals surface area contributed by atoms with E-state index in [1.807, 2.05) is 0 Å². The molecule has 0 saturated carbocycles. The molecule has 1 aromatic rings. The summed E-state index contributed by atoms with van der Waals surface area (Å²) in [4.78, 5) is 0. The Morgan fingerprint density at radius 2 is 1.59 bits per heavy atom. The molecule has 0 aliphatic rings. The van der Waals surface area contributed by atoms with Gasteiger partial charge in [-0.25, -0.2) is 13.2 Å². The Morgan fingerprint density at radius 1 is 1.06 bits per heavy atom. The second-order valence-corrected chi connectivity index (χ2v) is 3.62. The lowest BCUT2D eigenvalue weighted by Crippen LogP contribution is -2.22. The molecule has 1 atom stereocenters. The van der Waals surface area contributed by atoms with E-state index in [-0.39, 0.29) is 0 Å². The number of alkyl halides is 3. The lowest BCUT2D eigenvalue weighted by atomic mass is 10.1. The van der Waals surface area contributed by atoms with Crippen LogP contribution in [0.2, 0.25) is 0 Å². The third-order valence-electron chi connectivity index (χ3n) is 2.00. The Balaban J connectivity index is 3.66. The fourth-order valence-electron chi connectivity index (χ4n) is 1.22. The lowest BCUT2D eigenvalue weighted by molar-refractivity contribution is -0.142. The van der Waals surface area contributed by atoms with Crippen molar-refractivity contribution in [3.05, 3.63) is 28.6 Å². The third kappa shape index (κ3) is 2.37. The first-order valence-corrected chi connectivity index (χ1v) is 4.68. The minimum absolute atomic E-state index is 0.726. The molecule has 0 saturated heterocycles. The van der Waals surface area contributed by atoms with Gasteiger partial charge in [0.2, 0.25) is 0 Å².